The van der Waals surface area contributed by atoms with Crippen molar-refractivity contribution in [1.82, 2.24) is 4.90 Å². The Hall–Kier alpha value is -0.860. The van der Waals surface area contributed by atoms with Crippen molar-refractivity contribution in [2.75, 3.05) is 13.1 Å². The molecule has 1 aliphatic heterocycles. The summed E-state index contributed by atoms with van der Waals surface area (Å²) in [6.45, 7) is 16.8. The van der Waals surface area contributed by atoms with Crippen LogP contribution in [0.2, 0.25) is 0 Å². The van der Waals surface area contributed by atoms with Crippen LogP contribution in [0.5, 0.6) is 0 Å². The van der Waals surface area contributed by atoms with Gasteiger partial charge in [0.25, 0.3) is 0 Å². The summed E-state index contributed by atoms with van der Waals surface area (Å²) in [6.07, 6.45) is 0.324. The Morgan fingerprint density at radius 1 is 1.00 bits per heavy atom. The van der Waals surface area contributed by atoms with E-state index in [2.05, 4.69) is 76.8 Å². The third kappa shape index (κ3) is 4.31. The third-order valence-corrected chi connectivity index (χ3v) is 4.63. The number of ether oxygens (including phenoxy) is 1. The van der Waals surface area contributed by atoms with Crippen LogP contribution in [-0.4, -0.2) is 29.6 Å². The average Bonchev–Trinajstić information content (AvgIpc) is 2.81. The highest BCUT2D eigenvalue weighted by molar-refractivity contribution is 5.13. The molecule has 0 amide bonds. The quantitative estimate of drug-likeness (QED) is 0.820. The summed E-state index contributed by atoms with van der Waals surface area (Å²) in [4.78, 5) is 2.57. The van der Waals surface area contributed by atoms with Crippen molar-refractivity contribution in [3.8, 4) is 0 Å². The molecule has 0 spiro atoms. The minimum Gasteiger partial charge on any atom is -0.372 e. The molecule has 2 rings (SSSR count). The molecule has 118 valence electrons. The highest BCUT2D eigenvalue weighted by Gasteiger charge is 2.43. The number of benzene rings is 1. The number of nitrogens with zero attached hydrogens (tertiary/aromatic N) is 1. The zero-order valence-corrected chi connectivity index (χ0v) is 14.5. The molecule has 2 atom stereocenters. The molecule has 0 radical (unpaired) electrons. The molecule has 1 unspecified atom stereocenters. The van der Waals surface area contributed by atoms with Crippen molar-refractivity contribution in [3.05, 3.63) is 35.9 Å². The SMILES string of the molecule is CC(C)(C)C1CN(C(C)(C)C)C[C@@H]1OCc1ccccc1. The second-order valence-corrected chi connectivity index (χ2v) is 8.38. The highest BCUT2D eigenvalue weighted by Crippen LogP contribution is 2.38. The Morgan fingerprint density at radius 2 is 1.62 bits per heavy atom. The van der Waals surface area contributed by atoms with Crippen molar-refractivity contribution < 1.29 is 4.74 Å². The monoisotopic (exact) mass is 289 g/mol. The molecule has 2 heteroatoms. The van der Waals surface area contributed by atoms with Crippen LogP contribution >= 0.6 is 0 Å². The average molecular weight is 289 g/mol. The molecule has 0 N–H and O–H groups in total. The first-order chi connectivity index (χ1) is 9.68. The smallest absolute Gasteiger partial charge is 0.0752 e. The van der Waals surface area contributed by atoms with Gasteiger partial charge < -0.3 is 4.74 Å². The van der Waals surface area contributed by atoms with E-state index in [0.717, 1.165) is 19.7 Å². The fraction of sp³-hybridized carbons (Fsp3) is 0.684. The van der Waals surface area contributed by atoms with E-state index in [1.807, 2.05) is 0 Å². The van der Waals surface area contributed by atoms with Gasteiger partial charge in [-0.3, -0.25) is 4.90 Å². The lowest BCUT2D eigenvalue weighted by atomic mass is 9.79. The van der Waals surface area contributed by atoms with E-state index in [4.69, 9.17) is 4.74 Å². The molecule has 1 aliphatic rings. The molecule has 21 heavy (non-hydrogen) atoms. The molecule has 0 aromatic heterocycles. The fourth-order valence-corrected chi connectivity index (χ4v) is 3.10. The molecule has 1 fully saturated rings. The summed E-state index contributed by atoms with van der Waals surface area (Å²) < 4.78 is 6.31. The Bertz CT molecular complexity index is 441. The second kappa shape index (κ2) is 6.10. The third-order valence-electron chi connectivity index (χ3n) is 4.63. The molecule has 1 aromatic carbocycles. The summed E-state index contributed by atoms with van der Waals surface area (Å²) >= 11 is 0. The maximum Gasteiger partial charge on any atom is 0.0752 e. The first-order valence-corrected chi connectivity index (χ1v) is 8.08. The minimum absolute atomic E-state index is 0.217. The van der Waals surface area contributed by atoms with Crippen LogP contribution in [0.25, 0.3) is 0 Å². The van der Waals surface area contributed by atoms with Gasteiger partial charge in [0.05, 0.1) is 12.7 Å². The van der Waals surface area contributed by atoms with Crippen molar-refractivity contribution >= 4 is 0 Å². The summed E-state index contributed by atoms with van der Waals surface area (Å²) in [6, 6.07) is 10.5. The summed E-state index contributed by atoms with van der Waals surface area (Å²) in [5.41, 5.74) is 1.76. The Labute approximate surface area is 130 Å². The van der Waals surface area contributed by atoms with Gasteiger partial charge in [0.2, 0.25) is 0 Å². The molecular weight excluding hydrogens is 258 g/mol. The minimum atomic E-state index is 0.217. The molecule has 0 saturated carbocycles. The lowest BCUT2D eigenvalue weighted by Crippen LogP contribution is -2.40. The zero-order chi connectivity index (χ0) is 15.7. The molecule has 1 saturated heterocycles. The second-order valence-electron chi connectivity index (χ2n) is 8.38. The molecular formula is C19H31NO. The Morgan fingerprint density at radius 3 is 2.14 bits per heavy atom. The van der Waals surface area contributed by atoms with Gasteiger partial charge in [-0.2, -0.15) is 0 Å². The van der Waals surface area contributed by atoms with E-state index in [-0.39, 0.29) is 11.0 Å². The standard InChI is InChI=1S/C19H31NO/c1-18(2,3)16-12-20(19(4,5)6)13-17(16)21-14-15-10-8-7-9-11-15/h7-11,16-17H,12-14H2,1-6H3/t16?,17-/m0/s1. The molecule has 1 heterocycles. The van der Waals surface area contributed by atoms with Crippen LogP contribution in [-0.2, 0) is 11.3 Å². The van der Waals surface area contributed by atoms with Gasteiger partial charge in [-0.05, 0) is 31.7 Å². The van der Waals surface area contributed by atoms with E-state index in [1.165, 1.54) is 5.56 Å². The number of hydrogen-bond donors (Lipinski definition) is 0. The largest absolute Gasteiger partial charge is 0.372 e. The van der Waals surface area contributed by atoms with E-state index >= 15 is 0 Å². The summed E-state index contributed by atoms with van der Waals surface area (Å²) in [7, 11) is 0. The van der Waals surface area contributed by atoms with Crippen LogP contribution in [0.3, 0.4) is 0 Å². The van der Waals surface area contributed by atoms with Gasteiger partial charge in [0.1, 0.15) is 0 Å². The molecule has 0 aliphatic carbocycles. The van der Waals surface area contributed by atoms with Crippen LogP contribution < -0.4 is 0 Å². The fourth-order valence-electron chi connectivity index (χ4n) is 3.10. The first kappa shape index (κ1) is 16.5. The van der Waals surface area contributed by atoms with Gasteiger partial charge in [-0.25, -0.2) is 0 Å². The number of rotatable bonds is 3. The van der Waals surface area contributed by atoms with Crippen molar-refractivity contribution in [3.63, 3.8) is 0 Å². The van der Waals surface area contributed by atoms with Crippen LogP contribution in [0.15, 0.2) is 30.3 Å². The predicted octanol–water partition coefficient (Wildman–Crippen LogP) is 4.35. The summed E-state index contributed by atoms with van der Waals surface area (Å²) in [5.74, 6) is 0.584. The van der Waals surface area contributed by atoms with Gasteiger partial charge >= 0.3 is 0 Å². The van der Waals surface area contributed by atoms with Gasteiger partial charge in [-0.1, -0.05) is 51.1 Å². The summed E-state index contributed by atoms with van der Waals surface area (Å²) in [5, 5.41) is 0. The predicted molar refractivity (Wildman–Crippen MR) is 89.3 cm³/mol. The van der Waals surface area contributed by atoms with E-state index in [9.17, 15) is 0 Å². The molecule has 2 nitrogen and oxygen atoms in total. The maximum absolute atomic E-state index is 6.31. The van der Waals surface area contributed by atoms with E-state index in [1.54, 1.807) is 0 Å². The zero-order valence-electron chi connectivity index (χ0n) is 14.5. The van der Waals surface area contributed by atoms with Crippen LogP contribution in [0, 0.1) is 11.3 Å². The van der Waals surface area contributed by atoms with Crippen LogP contribution in [0.1, 0.15) is 47.1 Å². The molecule has 1 aromatic rings. The van der Waals surface area contributed by atoms with Crippen molar-refractivity contribution in [2.45, 2.75) is 59.8 Å². The lowest BCUT2D eigenvalue weighted by molar-refractivity contribution is -0.00764. The Kier molecular flexibility index (Phi) is 4.79. The molecule has 0 bridgehead atoms. The first-order valence-electron chi connectivity index (χ1n) is 8.08. The number of likely N-dealkylation sites (tertiary alicyclic amines) is 1. The lowest BCUT2D eigenvalue weighted by Gasteiger charge is -2.33. The maximum atomic E-state index is 6.31. The normalized spacial score (nSPS) is 24.5. The van der Waals surface area contributed by atoms with Crippen molar-refractivity contribution in [2.24, 2.45) is 11.3 Å². The van der Waals surface area contributed by atoms with E-state index in [0.29, 0.717) is 12.0 Å². The van der Waals surface area contributed by atoms with Crippen LogP contribution in [0.4, 0.5) is 0 Å². The van der Waals surface area contributed by atoms with Gasteiger partial charge in [0.15, 0.2) is 0 Å². The number of hydrogen-bond acceptors (Lipinski definition) is 2. The Balaban J connectivity index is 2.05. The van der Waals surface area contributed by atoms with Gasteiger partial charge in [0, 0.05) is 24.5 Å². The topological polar surface area (TPSA) is 12.5 Å². The van der Waals surface area contributed by atoms with Gasteiger partial charge in [-0.15, -0.1) is 0 Å². The van der Waals surface area contributed by atoms with Crippen molar-refractivity contribution in [1.29, 1.82) is 0 Å². The highest BCUT2D eigenvalue weighted by atomic mass is 16.5. The van der Waals surface area contributed by atoms with E-state index < -0.39 is 0 Å².